The first-order chi connectivity index (χ1) is 15.8. The fourth-order valence-electron chi connectivity index (χ4n) is 1.92. The number of primary sulfonamides is 1. The molecule has 0 aromatic heterocycles. The van der Waals surface area contributed by atoms with Gasteiger partial charge in [0.1, 0.15) is 0 Å². The SMILES string of the molecule is NS(=O)(=O)C(F)(F)C(F)(F)C(F)(F)C(F)(F)C(F)(F)C(F)(F)C(F)(F)C(F)(F)C(F)(F)C(F)(F)C(F)(F)F. The monoisotopic (exact) mass is 649 g/mol. The van der Waals surface area contributed by atoms with Gasteiger partial charge in [-0.2, -0.15) is 101 Å². The number of alkyl halides is 23. The maximum atomic E-state index is 13.4. The van der Waals surface area contributed by atoms with Gasteiger partial charge in [-0.05, 0) is 0 Å². The Labute approximate surface area is 190 Å². The van der Waals surface area contributed by atoms with E-state index in [1.807, 2.05) is 0 Å². The summed E-state index contributed by atoms with van der Waals surface area (Å²) in [5.74, 6) is -82.8. The quantitative estimate of drug-likeness (QED) is 0.289. The lowest BCUT2D eigenvalue weighted by Crippen LogP contribution is -2.78. The Morgan fingerprint density at radius 1 is 0.316 bits per heavy atom. The summed E-state index contributed by atoms with van der Waals surface area (Å²) in [7, 11) is -7.67. The molecule has 0 unspecified atom stereocenters. The highest BCUT2D eigenvalue weighted by molar-refractivity contribution is 7.90. The van der Waals surface area contributed by atoms with Crippen molar-refractivity contribution in [3.05, 3.63) is 0 Å². The number of sulfonamides is 1. The third kappa shape index (κ3) is 4.02. The summed E-state index contributed by atoms with van der Waals surface area (Å²) < 4.78 is 320. The van der Waals surface area contributed by atoms with Crippen LogP contribution in [0.4, 0.5) is 101 Å². The van der Waals surface area contributed by atoms with E-state index in [1.165, 1.54) is 0 Å². The molecule has 0 spiro atoms. The Morgan fingerprint density at radius 2 is 0.474 bits per heavy atom. The van der Waals surface area contributed by atoms with E-state index >= 15 is 0 Å². The number of hydrogen-bond acceptors (Lipinski definition) is 2. The van der Waals surface area contributed by atoms with Crippen LogP contribution < -0.4 is 5.14 Å². The second kappa shape index (κ2) is 8.40. The average molecular weight is 649 g/mol. The van der Waals surface area contributed by atoms with Crippen molar-refractivity contribution in [3.63, 3.8) is 0 Å². The lowest BCUT2D eigenvalue weighted by Gasteiger charge is -2.44. The number of rotatable bonds is 10. The topological polar surface area (TPSA) is 60.2 Å². The van der Waals surface area contributed by atoms with Gasteiger partial charge in [-0.3, -0.25) is 0 Å². The lowest BCUT2D eigenvalue weighted by molar-refractivity contribution is -0.476. The molecular weight excluding hydrogens is 647 g/mol. The van der Waals surface area contributed by atoms with Crippen LogP contribution >= 0.6 is 0 Å². The molecule has 0 heterocycles. The average Bonchev–Trinajstić information content (AvgIpc) is 2.64. The maximum Gasteiger partial charge on any atom is 0.460 e. The van der Waals surface area contributed by atoms with Crippen LogP contribution in [0, 0.1) is 0 Å². The molecule has 0 bridgehead atoms. The largest absolute Gasteiger partial charge is 0.460 e. The van der Waals surface area contributed by atoms with Crippen molar-refractivity contribution in [2.75, 3.05) is 0 Å². The van der Waals surface area contributed by atoms with E-state index in [2.05, 4.69) is 5.14 Å². The zero-order valence-electron chi connectivity index (χ0n) is 16.0. The predicted octanol–water partition coefficient (Wildman–Crippen LogP) is 6.15. The molecule has 3 nitrogen and oxygen atoms in total. The van der Waals surface area contributed by atoms with Gasteiger partial charge >= 0.3 is 64.7 Å². The van der Waals surface area contributed by atoms with Crippen molar-refractivity contribution < 1.29 is 109 Å². The molecule has 0 saturated heterocycles. The van der Waals surface area contributed by atoms with Crippen LogP contribution in [-0.4, -0.2) is 73.2 Å². The summed E-state index contributed by atoms with van der Waals surface area (Å²) in [6.45, 7) is 0. The molecule has 0 amide bonds. The van der Waals surface area contributed by atoms with Crippen LogP contribution in [0.1, 0.15) is 0 Å². The van der Waals surface area contributed by atoms with Gasteiger partial charge in [0.25, 0.3) is 10.0 Å². The third-order valence-electron chi connectivity index (χ3n) is 4.23. The van der Waals surface area contributed by atoms with E-state index in [9.17, 15) is 109 Å². The fourth-order valence-corrected chi connectivity index (χ4v) is 2.41. The first kappa shape index (κ1) is 36.3. The molecule has 27 heteroatoms. The highest BCUT2D eigenvalue weighted by Gasteiger charge is 2.99. The summed E-state index contributed by atoms with van der Waals surface area (Å²) in [5, 5.41) is -4.68. The minimum absolute atomic E-state index is 3.25. The van der Waals surface area contributed by atoms with Crippen LogP contribution in [0.2, 0.25) is 0 Å². The molecule has 0 saturated carbocycles. The van der Waals surface area contributed by atoms with Gasteiger partial charge in [0.05, 0.1) is 0 Å². The minimum atomic E-state index is -9.55. The van der Waals surface area contributed by atoms with E-state index in [1.54, 1.807) is 0 Å². The Morgan fingerprint density at radius 3 is 0.632 bits per heavy atom. The molecule has 0 aliphatic heterocycles. The molecule has 2 N–H and O–H groups in total. The first-order valence-corrected chi connectivity index (χ1v) is 9.17. The Kier molecular flexibility index (Phi) is 8.03. The van der Waals surface area contributed by atoms with Gasteiger partial charge in [0.2, 0.25) is 0 Å². The van der Waals surface area contributed by atoms with Gasteiger partial charge in [0, 0.05) is 0 Å². The lowest BCUT2D eigenvalue weighted by atomic mass is 9.86. The van der Waals surface area contributed by atoms with E-state index in [4.69, 9.17) is 0 Å². The van der Waals surface area contributed by atoms with Crippen LogP contribution in [-0.2, 0) is 10.0 Å². The molecule has 0 radical (unpaired) electrons. The van der Waals surface area contributed by atoms with Gasteiger partial charge < -0.3 is 0 Å². The third-order valence-corrected chi connectivity index (χ3v) is 5.20. The summed E-state index contributed by atoms with van der Waals surface area (Å²) in [6.07, 6.45) is -8.15. The second-order valence-electron chi connectivity index (χ2n) is 6.73. The molecule has 0 aromatic carbocycles. The summed E-state index contributed by atoms with van der Waals surface area (Å²) >= 11 is 0. The van der Waals surface area contributed by atoms with Crippen LogP contribution in [0.25, 0.3) is 0 Å². The first-order valence-electron chi connectivity index (χ1n) is 7.62. The minimum Gasteiger partial charge on any atom is -0.223 e. The molecule has 0 aliphatic carbocycles. The highest BCUT2D eigenvalue weighted by Crippen LogP contribution is 2.67. The van der Waals surface area contributed by atoms with E-state index in [0.29, 0.717) is 0 Å². The summed E-state index contributed by atoms with van der Waals surface area (Å²) in [6, 6.07) is 0. The fraction of sp³-hybridized carbons (Fsp3) is 1.00. The van der Waals surface area contributed by atoms with Crippen LogP contribution in [0.5, 0.6) is 0 Å². The van der Waals surface area contributed by atoms with Crippen molar-refractivity contribution in [2.45, 2.75) is 64.7 Å². The molecule has 0 atom stereocenters. The Hall–Kier alpha value is -1.70. The smallest absolute Gasteiger partial charge is 0.223 e. The second-order valence-corrected chi connectivity index (χ2v) is 8.33. The highest BCUT2D eigenvalue weighted by atomic mass is 32.2. The molecule has 230 valence electrons. The zero-order valence-corrected chi connectivity index (χ0v) is 16.8. The molecular formula is C11H2F23NO2S. The van der Waals surface area contributed by atoms with Crippen LogP contribution in [0.15, 0.2) is 0 Å². The van der Waals surface area contributed by atoms with E-state index < -0.39 is 74.8 Å². The van der Waals surface area contributed by atoms with E-state index in [0.717, 1.165) is 0 Å². The predicted molar refractivity (Wildman–Crippen MR) is 68.6 cm³/mol. The van der Waals surface area contributed by atoms with E-state index in [-0.39, 0.29) is 0 Å². The normalized spacial score (nSPS) is 17.2. The van der Waals surface area contributed by atoms with Crippen molar-refractivity contribution in [1.82, 2.24) is 0 Å². The van der Waals surface area contributed by atoms with Crippen molar-refractivity contribution in [1.29, 1.82) is 0 Å². The summed E-state index contributed by atoms with van der Waals surface area (Å²) in [5.41, 5.74) is 0. The van der Waals surface area contributed by atoms with Gasteiger partial charge in [-0.15, -0.1) is 0 Å². The van der Waals surface area contributed by atoms with Crippen molar-refractivity contribution in [2.24, 2.45) is 5.14 Å². The van der Waals surface area contributed by atoms with Gasteiger partial charge in [0.15, 0.2) is 0 Å². The molecule has 0 fully saturated rings. The van der Waals surface area contributed by atoms with Crippen molar-refractivity contribution >= 4 is 10.0 Å². The number of hydrogen-bond donors (Lipinski definition) is 1. The number of halogens is 23. The zero-order chi connectivity index (χ0) is 32.0. The van der Waals surface area contributed by atoms with Gasteiger partial charge in [-0.1, -0.05) is 0 Å². The molecule has 0 rings (SSSR count). The standard InChI is InChI=1S/C11H2F23NO2S/c12-1(13,2(14,15)4(18,19)6(22,23)8(26,27)10(30,31)32)3(16,17)5(20,21)7(24,25)9(28,29)11(33,34)38(35,36)37/h(H2,35,36,37). The van der Waals surface area contributed by atoms with Crippen molar-refractivity contribution in [3.8, 4) is 0 Å². The maximum absolute atomic E-state index is 13.4. The summed E-state index contributed by atoms with van der Waals surface area (Å²) in [4.78, 5) is 0. The number of nitrogens with two attached hydrogens (primary N) is 1. The Balaban J connectivity index is 7.34. The Bertz CT molecular complexity index is 1010. The van der Waals surface area contributed by atoms with Crippen LogP contribution in [0.3, 0.4) is 0 Å². The molecule has 0 aliphatic rings. The van der Waals surface area contributed by atoms with Gasteiger partial charge in [-0.25, -0.2) is 13.6 Å². The molecule has 38 heavy (non-hydrogen) atoms. The molecule has 0 aromatic rings.